The van der Waals surface area contributed by atoms with Gasteiger partial charge in [0.15, 0.2) is 0 Å². The van der Waals surface area contributed by atoms with E-state index in [0.717, 1.165) is 17.0 Å². The van der Waals surface area contributed by atoms with E-state index in [2.05, 4.69) is 11.9 Å². The smallest absolute Gasteiger partial charge is 0.335 e. The molecule has 0 radical (unpaired) electrons. The summed E-state index contributed by atoms with van der Waals surface area (Å²) in [5, 5.41) is 3.31. The number of rotatable bonds is 6. The third-order valence-corrected chi connectivity index (χ3v) is 3.33. The van der Waals surface area contributed by atoms with Crippen molar-refractivity contribution in [1.82, 2.24) is 0 Å². The molecule has 0 bridgehead atoms. The number of methoxy groups -OCH3 is 2. The van der Waals surface area contributed by atoms with Crippen molar-refractivity contribution in [3.8, 4) is 5.75 Å². The largest absolute Gasteiger partial charge is 0.497 e. The van der Waals surface area contributed by atoms with Crippen LogP contribution in [0, 0.1) is 0 Å². The number of anilines is 1. The maximum Gasteiger partial charge on any atom is 0.335 e. The fourth-order valence-corrected chi connectivity index (χ4v) is 2.12. The van der Waals surface area contributed by atoms with E-state index in [-0.39, 0.29) is 6.04 Å². The molecule has 114 valence electrons. The minimum Gasteiger partial charge on any atom is -0.497 e. The van der Waals surface area contributed by atoms with Gasteiger partial charge < -0.3 is 14.8 Å². The highest BCUT2D eigenvalue weighted by molar-refractivity contribution is 5.90. The van der Waals surface area contributed by atoms with E-state index in [1.807, 2.05) is 54.6 Å². The molecule has 0 fully saturated rings. The third-order valence-electron chi connectivity index (χ3n) is 3.33. The Kier molecular flexibility index (Phi) is 5.20. The second kappa shape index (κ2) is 7.31. The number of hydrogen-bond acceptors (Lipinski definition) is 4. The van der Waals surface area contributed by atoms with Crippen LogP contribution < -0.4 is 10.1 Å². The van der Waals surface area contributed by atoms with Crippen molar-refractivity contribution in [3.05, 3.63) is 72.3 Å². The molecule has 1 N–H and O–H groups in total. The number of esters is 1. The van der Waals surface area contributed by atoms with Crippen LogP contribution in [0.3, 0.4) is 0 Å². The first-order valence-corrected chi connectivity index (χ1v) is 6.88. The molecule has 22 heavy (non-hydrogen) atoms. The van der Waals surface area contributed by atoms with Gasteiger partial charge in [0.25, 0.3) is 0 Å². The zero-order chi connectivity index (χ0) is 15.9. The Morgan fingerprint density at radius 1 is 1.05 bits per heavy atom. The van der Waals surface area contributed by atoms with Gasteiger partial charge in [0.2, 0.25) is 0 Å². The van der Waals surface area contributed by atoms with Gasteiger partial charge in [-0.1, -0.05) is 36.9 Å². The lowest BCUT2D eigenvalue weighted by Gasteiger charge is -2.21. The monoisotopic (exact) mass is 297 g/mol. The summed E-state index contributed by atoms with van der Waals surface area (Å²) in [5.74, 6) is 0.337. The Bertz CT molecular complexity index is 635. The average Bonchev–Trinajstić information content (AvgIpc) is 2.59. The number of carbonyl (C=O) groups is 1. The fourth-order valence-electron chi connectivity index (χ4n) is 2.12. The zero-order valence-electron chi connectivity index (χ0n) is 12.7. The molecular formula is C18H19NO3. The van der Waals surface area contributed by atoms with Gasteiger partial charge in [-0.2, -0.15) is 0 Å². The number of nitrogens with one attached hydrogen (secondary N) is 1. The average molecular weight is 297 g/mol. The molecule has 2 rings (SSSR count). The summed E-state index contributed by atoms with van der Waals surface area (Å²) in [7, 11) is 2.97. The van der Waals surface area contributed by atoms with Crippen LogP contribution >= 0.6 is 0 Å². The van der Waals surface area contributed by atoms with Crippen LogP contribution in [0.15, 0.2) is 66.7 Å². The van der Waals surface area contributed by atoms with Crippen LogP contribution in [0.1, 0.15) is 11.6 Å². The first kappa shape index (κ1) is 15.6. The van der Waals surface area contributed by atoms with Gasteiger partial charge in [-0.05, 0) is 29.8 Å². The summed E-state index contributed by atoms with van der Waals surface area (Å²) in [6, 6.07) is 16.8. The van der Waals surface area contributed by atoms with Gasteiger partial charge in [-0.3, -0.25) is 0 Å². The fraction of sp³-hybridized carbons (Fsp3) is 0.167. The second-order valence-electron chi connectivity index (χ2n) is 4.73. The van der Waals surface area contributed by atoms with Crippen LogP contribution in [-0.4, -0.2) is 20.2 Å². The molecule has 0 amide bonds. The van der Waals surface area contributed by atoms with Crippen LogP contribution in [0.25, 0.3) is 0 Å². The third kappa shape index (κ3) is 3.67. The zero-order valence-corrected chi connectivity index (χ0v) is 12.7. The van der Waals surface area contributed by atoms with E-state index in [4.69, 9.17) is 9.47 Å². The van der Waals surface area contributed by atoms with Gasteiger partial charge in [-0.25, -0.2) is 4.79 Å². The van der Waals surface area contributed by atoms with E-state index in [9.17, 15) is 4.79 Å². The maximum absolute atomic E-state index is 11.8. The van der Waals surface area contributed by atoms with Crippen molar-refractivity contribution >= 4 is 11.7 Å². The summed E-state index contributed by atoms with van der Waals surface area (Å²) < 4.78 is 9.93. The Labute approximate surface area is 130 Å². The first-order chi connectivity index (χ1) is 10.7. The van der Waals surface area contributed by atoms with Crippen molar-refractivity contribution in [2.45, 2.75) is 6.04 Å². The lowest BCUT2D eigenvalue weighted by Crippen LogP contribution is -2.19. The number of benzene rings is 2. The molecule has 0 aliphatic rings. The van der Waals surface area contributed by atoms with Gasteiger partial charge in [-0.15, -0.1) is 0 Å². The molecule has 2 aromatic carbocycles. The Morgan fingerprint density at radius 3 is 2.23 bits per heavy atom. The van der Waals surface area contributed by atoms with E-state index in [1.54, 1.807) is 7.11 Å². The Hall–Kier alpha value is -2.75. The maximum atomic E-state index is 11.8. The molecule has 0 spiro atoms. The van der Waals surface area contributed by atoms with Crippen LogP contribution in [0.4, 0.5) is 5.69 Å². The SMILES string of the molecule is C=C(C(=O)OC)C(Nc1ccc(OC)cc1)c1ccccc1. The molecule has 1 atom stereocenters. The summed E-state index contributed by atoms with van der Waals surface area (Å²) >= 11 is 0. The summed E-state index contributed by atoms with van der Waals surface area (Å²) in [6.07, 6.45) is 0. The molecule has 0 heterocycles. The minimum absolute atomic E-state index is 0.351. The Balaban J connectivity index is 2.27. The Morgan fingerprint density at radius 2 is 1.68 bits per heavy atom. The van der Waals surface area contributed by atoms with E-state index < -0.39 is 5.97 Å². The van der Waals surface area contributed by atoms with Crippen LogP contribution in [-0.2, 0) is 9.53 Å². The van der Waals surface area contributed by atoms with Crippen LogP contribution in [0.5, 0.6) is 5.75 Å². The normalized spacial score (nSPS) is 11.4. The molecule has 0 aliphatic carbocycles. The van der Waals surface area contributed by atoms with Crippen molar-refractivity contribution in [3.63, 3.8) is 0 Å². The van der Waals surface area contributed by atoms with Crippen molar-refractivity contribution < 1.29 is 14.3 Å². The molecule has 0 saturated carbocycles. The van der Waals surface area contributed by atoms with Crippen molar-refractivity contribution in [1.29, 1.82) is 0 Å². The molecule has 0 saturated heterocycles. The highest BCUT2D eigenvalue weighted by atomic mass is 16.5. The lowest BCUT2D eigenvalue weighted by molar-refractivity contribution is -0.136. The number of carbonyl (C=O) groups excluding carboxylic acids is 1. The molecule has 0 aromatic heterocycles. The van der Waals surface area contributed by atoms with Crippen molar-refractivity contribution in [2.24, 2.45) is 0 Å². The van der Waals surface area contributed by atoms with E-state index in [1.165, 1.54) is 7.11 Å². The first-order valence-electron chi connectivity index (χ1n) is 6.88. The van der Waals surface area contributed by atoms with E-state index >= 15 is 0 Å². The molecule has 1 unspecified atom stereocenters. The number of ether oxygens (including phenoxy) is 2. The van der Waals surface area contributed by atoms with Gasteiger partial charge >= 0.3 is 5.97 Å². The number of hydrogen-bond donors (Lipinski definition) is 1. The van der Waals surface area contributed by atoms with Gasteiger partial charge in [0.1, 0.15) is 5.75 Å². The molecule has 4 nitrogen and oxygen atoms in total. The molecular weight excluding hydrogens is 278 g/mol. The highest BCUT2D eigenvalue weighted by Crippen LogP contribution is 2.27. The van der Waals surface area contributed by atoms with Crippen LogP contribution in [0.2, 0.25) is 0 Å². The molecule has 4 heteroatoms. The van der Waals surface area contributed by atoms with Crippen molar-refractivity contribution in [2.75, 3.05) is 19.5 Å². The van der Waals surface area contributed by atoms with Gasteiger partial charge in [0, 0.05) is 5.69 Å². The summed E-state index contributed by atoms with van der Waals surface area (Å²) in [4.78, 5) is 11.8. The summed E-state index contributed by atoms with van der Waals surface area (Å²) in [5.41, 5.74) is 2.15. The topological polar surface area (TPSA) is 47.6 Å². The van der Waals surface area contributed by atoms with Gasteiger partial charge in [0.05, 0.1) is 25.8 Å². The second-order valence-corrected chi connectivity index (χ2v) is 4.73. The molecule has 0 aliphatic heterocycles. The lowest BCUT2D eigenvalue weighted by atomic mass is 9.99. The summed E-state index contributed by atoms with van der Waals surface area (Å²) in [6.45, 7) is 3.87. The standard InChI is InChI=1S/C18H19NO3/c1-13(18(20)22-3)17(14-7-5-4-6-8-14)19-15-9-11-16(21-2)12-10-15/h4-12,17,19H,1H2,2-3H3. The predicted octanol–water partition coefficient (Wildman–Crippen LogP) is 3.58. The minimum atomic E-state index is -0.435. The quantitative estimate of drug-likeness (QED) is 0.654. The highest BCUT2D eigenvalue weighted by Gasteiger charge is 2.21. The molecule has 2 aromatic rings. The predicted molar refractivity (Wildman–Crippen MR) is 87.0 cm³/mol. The van der Waals surface area contributed by atoms with E-state index in [0.29, 0.717) is 5.57 Å².